The maximum absolute atomic E-state index is 12.0. The summed E-state index contributed by atoms with van der Waals surface area (Å²) in [5.74, 6) is -0.193. The molecule has 0 radical (unpaired) electrons. The molecule has 21 heavy (non-hydrogen) atoms. The number of likely N-dealkylation sites (tertiary alicyclic amines) is 1. The summed E-state index contributed by atoms with van der Waals surface area (Å²) in [6.45, 7) is 9.75. The van der Waals surface area contributed by atoms with Gasteiger partial charge in [0.2, 0.25) is 0 Å². The lowest BCUT2D eigenvalue weighted by Crippen LogP contribution is -2.53. The van der Waals surface area contributed by atoms with Crippen LogP contribution in [0.4, 0.5) is 0 Å². The van der Waals surface area contributed by atoms with Crippen LogP contribution in [0, 0.1) is 0 Å². The predicted octanol–water partition coefficient (Wildman–Crippen LogP) is 1.33. The highest BCUT2D eigenvalue weighted by Gasteiger charge is 2.35. The molecule has 124 valence electrons. The van der Waals surface area contributed by atoms with Crippen molar-refractivity contribution in [1.29, 1.82) is 0 Å². The Labute approximate surface area is 130 Å². The Bertz CT molecular complexity index is 337. The van der Waals surface area contributed by atoms with Gasteiger partial charge in [0.05, 0.1) is 7.11 Å². The Balaban J connectivity index is 2.57. The Kier molecular flexibility index (Phi) is 7.10. The summed E-state index contributed by atoms with van der Waals surface area (Å²) in [4.78, 5) is 16.9. The molecule has 1 aliphatic rings. The molecule has 0 bridgehead atoms. The topological polar surface area (TPSA) is 44.8 Å². The van der Waals surface area contributed by atoms with Gasteiger partial charge in [-0.05, 0) is 60.3 Å². The van der Waals surface area contributed by atoms with E-state index in [1.807, 2.05) is 14.0 Å². The summed E-state index contributed by atoms with van der Waals surface area (Å²) < 4.78 is 4.93. The Hall–Kier alpha value is -0.650. The number of hydrogen-bond donors (Lipinski definition) is 1. The number of ether oxygens (including phenoxy) is 1. The van der Waals surface area contributed by atoms with E-state index in [0.717, 1.165) is 19.5 Å². The van der Waals surface area contributed by atoms with Gasteiger partial charge in [0.25, 0.3) is 0 Å². The van der Waals surface area contributed by atoms with Crippen molar-refractivity contribution in [2.24, 2.45) is 0 Å². The molecule has 3 atom stereocenters. The number of nitrogens with zero attached hydrogens (tertiary/aromatic N) is 2. The summed E-state index contributed by atoms with van der Waals surface area (Å²) in [7, 11) is 5.42. The van der Waals surface area contributed by atoms with Crippen molar-refractivity contribution in [3.63, 3.8) is 0 Å². The SMILES string of the molecule is CCN1CCCC1CN(C)C(C)CC(C)(NC)C(=O)OC. The van der Waals surface area contributed by atoms with Gasteiger partial charge < -0.3 is 15.0 Å². The largest absolute Gasteiger partial charge is 0.468 e. The number of carbonyl (C=O) groups excluding carboxylic acids is 1. The zero-order valence-electron chi connectivity index (χ0n) is 14.6. The molecule has 3 unspecified atom stereocenters. The predicted molar refractivity (Wildman–Crippen MR) is 86.5 cm³/mol. The second-order valence-electron chi connectivity index (χ2n) is 6.49. The minimum absolute atomic E-state index is 0.193. The van der Waals surface area contributed by atoms with Crippen molar-refractivity contribution in [3.05, 3.63) is 0 Å². The van der Waals surface area contributed by atoms with Gasteiger partial charge in [-0.3, -0.25) is 9.69 Å². The van der Waals surface area contributed by atoms with Gasteiger partial charge in [0, 0.05) is 18.6 Å². The van der Waals surface area contributed by atoms with Crippen LogP contribution in [0.2, 0.25) is 0 Å². The first-order valence-electron chi connectivity index (χ1n) is 8.09. The lowest BCUT2D eigenvalue weighted by molar-refractivity contribution is -0.148. The fraction of sp³-hybridized carbons (Fsp3) is 0.938. The molecule has 0 aromatic heterocycles. The molecule has 1 heterocycles. The molecular formula is C16H33N3O2. The Morgan fingerprint density at radius 3 is 2.76 bits per heavy atom. The van der Waals surface area contributed by atoms with E-state index in [-0.39, 0.29) is 5.97 Å². The molecule has 0 saturated carbocycles. The Morgan fingerprint density at radius 1 is 1.57 bits per heavy atom. The molecule has 5 heteroatoms. The van der Waals surface area contributed by atoms with E-state index in [4.69, 9.17) is 4.74 Å². The van der Waals surface area contributed by atoms with Crippen molar-refractivity contribution in [1.82, 2.24) is 15.1 Å². The molecule has 1 N–H and O–H groups in total. The Morgan fingerprint density at radius 2 is 2.24 bits per heavy atom. The first-order valence-corrected chi connectivity index (χ1v) is 8.09. The van der Waals surface area contributed by atoms with Crippen LogP contribution in [0.1, 0.15) is 40.0 Å². The highest BCUT2D eigenvalue weighted by Crippen LogP contribution is 2.21. The third-order valence-electron chi connectivity index (χ3n) is 5.05. The van der Waals surface area contributed by atoms with Gasteiger partial charge in [-0.2, -0.15) is 0 Å². The van der Waals surface area contributed by atoms with Crippen molar-refractivity contribution >= 4 is 5.97 Å². The average Bonchev–Trinajstić information content (AvgIpc) is 2.93. The molecule has 0 amide bonds. The highest BCUT2D eigenvalue weighted by atomic mass is 16.5. The second-order valence-corrected chi connectivity index (χ2v) is 6.49. The van der Waals surface area contributed by atoms with E-state index in [0.29, 0.717) is 12.1 Å². The zero-order chi connectivity index (χ0) is 16.0. The first kappa shape index (κ1) is 18.4. The van der Waals surface area contributed by atoms with Crippen LogP contribution in [0.5, 0.6) is 0 Å². The van der Waals surface area contributed by atoms with Gasteiger partial charge in [0.1, 0.15) is 5.54 Å². The summed E-state index contributed by atoms with van der Waals surface area (Å²) in [5.41, 5.74) is -0.622. The van der Waals surface area contributed by atoms with Crippen molar-refractivity contribution in [2.75, 3.05) is 40.8 Å². The van der Waals surface area contributed by atoms with Gasteiger partial charge in [-0.1, -0.05) is 6.92 Å². The fourth-order valence-electron chi connectivity index (χ4n) is 3.29. The van der Waals surface area contributed by atoms with Crippen LogP contribution in [0.3, 0.4) is 0 Å². The molecule has 1 aliphatic heterocycles. The average molecular weight is 299 g/mol. The van der Waals surface area contributed by atoms with E-state index in [2.05, 4.69) is 36.0 Å². The van der Waals surface area contributed by atoms with E-state index in [9.17, 15) is 4.79 Å². The summed E-state index contributed by atoms with van der Waals surface area (Å²) >= 11 is 0. The van der Waals surface area contributed by atoms with Crippen molar-refractivity contribution in [2.45, 2.75) is 57.7 Å². The molecule has 0 aromatic carbocycles. The number of methoxy groups -OCH3 is 1. The lowest BCUT2D eigenvalue weighted by atomic mass is 9.93. The van der Waals surface area contributed by atoms with E-state index in [1.165, 1.54) is 26.5 Å². The minimum atomic E-state index is -0.622. The number of likely N-dealkylation sites (N-methyl/N-ethyl adjacent to an activating group) is 3. The van der Waals surface area contributed by atoms with Crippen LogP contribution >= 0.6 is 0 Å². The normalized spacial score (nSPS) is 24.0. The third kappa shape index (κ3) is 4.66. The number of nitrogens with one attached hydrogen (secondary N) is 1. The second kappa shape index (κ2) is 8.11. The number of esters is 1. The molecular weight excluding hydrogens is 266 g/mol. The summed E-state index contributed by atoms with van der Waals surface area (Å²) in [6, 6.07) is 0.974. The van der Waals surface area contributed by atoms with Crippen LogP contribution in [0.25, 0.3) is 0 Å². The van der Waals surface area contributed by atoms with Crippen molar-refractivity contribution < 1.29 is 9.53 Å². The summed E-state index contributed by atoms with van der Waals surface area (Å²) in [6.07, 6.45) is 3.33. The van der Waals surface area contributed by atoms with Crippen LogP contribution in [0.15, 0.2) is 0 Å². The van der Waals surface area contributed by atoms with Gasteiger partial charge in [-0.15, -0.1) is 0 Å². The molecule has 5 nitrogen and oxygen atoms in total. The highest BCUT2D eigenvalue weighted by molar-refractivity contribution is 5.80. The van der Waals surface area contributed by atoms with Crippen molar-refractivity contribution in [3.8, 4) is 0 Å². The first-order chi connectivity index (χ1) is 9.87. The summed E-state index contributed by atoms with van der Waals surface area (Å²) in [5, 5.41) is 3.12. The fourth-order valence-corrected chi connectivity index (χ4v) is 3.29. The van der Waals surface area contributed by atoms with Gasteiger partial charge >= 0.3 is 5.97 Å². The zero-order valence-corrected chi connectivity index (χ0v) is 14.6. The number of rotatable bonds is 8. The number of carbonyl (C=O) groups is 1. The molecule has 0 aromatic rings. The molecule has 0 spiro atoms. The maximum Gasteiger partial charge on any atom is 0.325 e. The molecule has 1 rings (SSSR count). The standard InChI is InChI=1S/C16H33N3O2/c1-7-19-10-8-9-14(19)12-18(5)13(2)11-16(3,17-4)15(20)21-6/h13-14,17H,7-12H2,1-6H3. The molecule has 1 saturated heterocycles. The smallest absolute Gasteiger partial charge is 0.325 e. The number of hydrogen-bond acceptors (Lipinski definition) is 5. The quantitative estimate of drug-likeness (QED) is 0.685. The lowest BCUT2D eigenvalue weighted by Gasteiger charge is -2.35. The van der Waals surface area contributed by atoms with Crippen LogP contribution in [-0.4, -0.2) is 74.2 Å². The van der Waals surface area contributed by atoms with E-state index in [1.54, 1.807) is 0 Å². The van der Waals surface area contributed by atoms with Crippen LogP contribution < -0.4 is 5.32 Å². The molecule has 1 fully saturated rings. The van der Waals surface area contributed by atoms with Gasteiger partial charge in [0.15, 0.2) is 0 Å². The molecule has 0 aliphatic carbocycles. The van der Waals surface area contributed by atoms with Crippen LogP contribution in [-0.2, 0) is 9.53 Å². The minimum Gasteiger partial charge on any atom is -0.468 e. The monoisotopic (exact) mass is 299 g/mol. The van der Waals surface area contributed by atoms with E-state index >= 15 is 0 Å². The van der Waals surface area contributed by atoms with Gasteiger partial charge in [-0.25, -0.2) is 0 Å². The maximum atomic E-state index is 12.0. The van der Waals surface area contributed by atoms with E-state index < -0.39 is 5.54 Å². The third-order valence-corrected chi connectivity index (χ3v) is 5.05.